The van der Waals surface area contributed by atoms with Crippen LogP contribution in [-0.4, -0.2) is 51.1 Å². The lowest BCUT2D eigenvalue weighted by Crippen LogP contribution is -2.37. The molecule has 6 nitrogen and oxygen atoms in total. The molecule has 0 aliphatic carbocycles. The maximum absolute atomic E-state index is 12.1. The summed E-state index contributed by atoms with van der Waals surface area (Å²) in [5.74, 6) is 2.14. The van der Waals surface area contributed by atoms with Crippen LogP contribution in [0.4, 0.5) is 0 Å². The van der Waals surface area contributed by atoms with Crippen LogP contribution in [0, 0.1) is 5.92 Å². The third-order valence-electron chi connectivity index (χ3n) is 4.45. The van der Waals surface area contributed by atoms with E-state index in [1.165, 1.54) is 0 Å². The highest BCUT2D eigenvalue weighted by Gasteiger charge is 2.08. The van der Waals surface area contributed by atoms with Crippen molar-refractivity contribution in [3.05, 3.63) is 65.2 Å². The summed E-state index contributed by atoms with van der Waals surface area (Å²) in [7, 11) is 5.28. The van der Waals surface area contributed by atoms with Crippen LogP contribution in [0.2, 0.25) is 0 Å². The third-order valence-corrected chi connectivity index (χ3v) is 4.45. The van der Waals surface area contributed by atoms with Gasteiger partial charge in [-0.1, -0.05) is 38.1 Å². The van der Waals surface area contributed by atoms with Crippen molar-refractivity contribution in [3.63, 3.8) is 0 Å². The largest absolute Gasteiger partial charge is 0.493 e. The molecule has 1 amide bonds. The molecule has 162 valence electrons. The van der Waals surface area contributed by atoms with Crippen LogP contribution in [0.1, 0.15) is 35.3 Å². The number of rotatable bonds is 9. The van der Waals surface area contributed by atoms with Crippen molar-refractivity contribution in [2.45, 2.75) is 26.8 Å². The number of carbonyl (C=O) groups excluding carboxylic acids is 1. The Morgan fingerprint density at radius 3 is 2.50 bits per heavy atom. The van der Waals surface area contributed by atoms with Gasteiger partial charge in [0, 0.05) is 39.8 Å². The van der Waals surface area contributed by atoms with Crippen molar-refractivity contribution in [2.24, 2.45) is 10.9 Å². The van der Waals surface area contributed by atoms with Crippen LogP contribution >= 0.6 is 0 Å². The Labute approximate surface area is 180 Å². The number of nitrogens with zero attached hydrogens (tertiary/aromatic N) is 2. The predicted octanol–water partition coefficient (Wildman–Crippen LogP) is 3.33. The number of hydrogen-bond donors (Lipinski definition) is 2. The molecule has 0 saturated carbocycles. The molecule has 2 aromatic rings. The zero-order valence-electron chi connectivity index (χ0n) is 18.7. The molecular formula is C24H34N4O2. The Balaban J connectivity index is 1.82. The Morgan fingerprint density at radius 2 is 1.80 bits per heavy atom. The highest BCUT2D eigenvalue weighted by atomic mass is 16.5. The molecule has 0 radical (unpaired) electrons. The molecule has 0 saturated heterocycles. The van der Waals surface area contributed by atoms with Crippen LogP contribution in [0.3, 0.4) is 0 Å². The summed E-state index contributed by atoms with van der Waals surface area (Å²) < 4.78 is 5.80. The lowest BCUT2D eigenvalue weighted by molar-refractivity contribution is 0.0827. The number of amides is 1. The zero-order valence-corrected chi connectivity index (χ0v) is 18.7. The minimum atomic E-state index is 0.0156. The number of carbonyl (C=O) groups is 1. The quantitative estimate of drug-likeness (QED) is 0.492. The number of nitrogens with one attached hydrogen (secondary N) is 2. The van der Waals surface area contributed by atoms with Crippen molar-refractivity contribution < 1.29 is 9.53 Å². The second kappa shape index (κ2) is 11.9. The number of hydrogen-bond acceptors (Lipinski definition) is 3. The molecular weight excluding hydrogens is 376 g/mol. The second-order valence-electron chi connectivity index (χ2n) is 7.85. The van der Waals surface area contributed by atoms with Gasteiger partial charge in [0.2, 0.25) is 0 Å². The monoisotopic (exact) mass is 410 g/mol. The van der Waals surface area contributed by atoms with E-state index in [1.807, 2.05) is 36.4 Å². The van der Waals surface area contributed by atoms with Gasteiger partial charge >= 0.3 is 0 Å². The van der Waals surface area contributed by atoms with E-state index < -0.39 is 0 Å². The van der Waals surface area contributed by atoms with Gasteiger partial charge in [-0.05, 0) is 47.7 Å². The van der Waals surface area contributed by atoms with Crippen LogP contribution in [0.25, 0.3) is 0 Å². The molecule has 0 aliphatic rings. The first-order chi connectivity index (χ1) is 14.4. The molecule has 0 atom stereocenters. The number of aliphatic imine (C=N–C) groups is 1. The number of ether oxygens (including phenoxy) is 1. The lowest BCUT2D eigenvalue weighted by Gasteiger charge is -2.14. The van der Waals surface area contributed by atoms with Gasteiger partial charge in [0.15, 0.2) is 5.96 Å². The Morgan fingerprint density at radius 1 is 1.07 bits per heavy atom. The lowest BCUT2D eigenvalue weighted by atomic mass is 10.1. The predicted molar refractivity (Wildman–Crippen MR) is 123 cm³/mol. The van der Waals surface area contributed by atoms with E-state index in [9.17, 15) is 4.79 Å². The van der Waals surface area contributed by atoms with Gasteiger partial charge in [0.1, 0.15) is 5.75 Å². The summed E-state index contributed by atoms with van der Waals surface area (Å²) in [6, 6.07) is 15.9. The highest BCUT2D eigenvalue weighted by molar-refractivity contribution is 5.94. The highest BCUT2D eigenvalue weighted by Crippen LogP contribution is 2.14. The van der Waals surface area contributed by atoms with Gasteiger partial charge in [-0.15, -0.1) is 0 Å². The summed E-state index contributed by atoms with van der Waals surface area (Å²) in [5.41, 5.74) is 2.95. The molecule has 6 heteroatoms. The number of benzene rings is 2. The fraction of sp³-hybridized carbons (Fsp3) is 0.417. The smallest absolute Gasteiger partial charge is 0.253 e. The zero-order chi connectivity index (χ0) is 21.9. The molecule has 0 bridgehead atoms. The molecule has 30 heavy (non-hydrogen) atoms. The van der Waals surface area contributed by atoms with E-state index in [-0.39, 0.29) is 5.91 Å². The van der Waals surface area contributed by atoms with Gasteiger partial charge < -0.3 is 20.3 Å². The minimum absolute atomic E-state index is 0.0156. The van der Waals surface area contributed by atoms with Crippen molar-refractivity contribution in [2.75, 3.05) is 34.3 Å². The van der Waals surface area contributed by atoms with Crippen LogP contribution in [0.15, 0.2) is 53.5 Å². The van der Waals surface area contributed by atoms with E-state index in [2.05, 4.69) is 41.6 Å². The molecule has 0 unspecified atom stereocenters. The van der Waals surface area contributed by atoms with Crippen molar-refractivity contribution >= 4 is 11.9 Å². The Bertz CT molecular complexity index is 847. The summed E-state index contributed by atoms with van der Waals surface area (Å²) in [6.07, 6.45) is 0.799. The average Bonchev–Trinajstić information content (AvgIpc) is 2.74. The number of guanidine groups is 1. The summed E-state index contributed by atoms with van der Waals surface area (Å²) >= 11 is 0. The molecule has 0 heterocycles. The molecule has 2 aromatic carbocycles. The normalized spacial score (nSPS) is 11.3. The second-order valence-corrected chi connectivity index (χ2v) is 7.85. The van der Waals surface area contributed by atoms with E-state index >= 15 is 0 Å². The van der Waals surface area contributed by atoms with E-state index in [4.69, 9.17) is 4.74 Å². The van der Waals surface area contributed by atoms with Crippen molar-refractivity contribution in [3.8, 4) is 5.75 Å². The first-order valence-corrected chi connectivity index (χ1v) is 10.4. The van der Waals surface area contributed by atoms with Gasteiger partial charge in [0.05, 0.1) is 6.61 Å². The molecule has 2 N–H and O–H groups in total. The van der Waals surface area contributed by atoms with Gasteiger partial charge in [-0.3, -0.25) is 9.79 Å². The van der Waals surface area contributed by atoms with Gasteiger partial charge in [-0.2, -0.15) is 0 Å². The molecule has 0 fully saturated rings. The Kier molecular flexibility index (Phi) is 9.19. The first-order valence-electron chi connectivity index (χ1n) is 10.4. The molecule has 0 aromatic heterocycles. The molecule has 0 spiro atoms. The molecule has 2 rings (SSSR count). The SMILES string of the molecule is CN=C(NCCc1cccc(C(=O)N(C)C)c1)NCc1cccc(OCC(C)C)c1. The van der Waals surface area contributed by atoms with E-state index in [1.54, 1.807) is 26.0 Å². The fourth-order valence-corrected chi connectivity index (χ4v) is 2.86. The topological polar surface area (TPSA) is 66.0 Å². The maximum atomic E-state index is 12.1. The summed E-state index contributed by atoms with van der Waals surface area (Å²) in [5, 5.41) is 6.66. The van der Waals surface area contributed by atoms with Crippen LogP contribution in [-0.2, 0) is 13.0 Å². The third kappa shape index (κ3) is 7.78. The van der Waals surface area contributed by atoms with Gasteiger partial charge in [-0.25, -0.2) is 0 Å². The first kappa shape index (κ1) is 23.3. The van der Waals surface area contributed by atoms with Crippen molar-refractivity contribution in [1.29, 1.82) is 0 Å². The van der Waals surface area contributed by atoms with Gasteiger partial charge in [0.25, 0.3) is 5.91 Å². The van der Waals surface area contributed by atoms with Crippen molar-refractivity contribution in [1.82, 2.24) is 15.5 Å². The van der Waals surface area contributed by atoms with Crippen LogP contribution in [0.5, 0.6) is 5.75 Å². The summed E-state index contributed by atoms with van der Waals surface area (Å²) in [4.78, 5) is 18.0. The van der Waals surface area contributed by atoms with Crippen LogP contribution < -0.4 is 15.4 Å². The fourth-order valence-electron chi connectivity index (χ4n) is 2.86. The maximum Gasteiger partial charge on any atom is 0.253 e. The van der Waals surface area contributed by atoms with E-state index in [0.29, 0.717) is 24.6 Å². The average molecular weight is 411 g/mol. The van der Waals surface area contributed by atoms with E-state index in [0.717, 1.165) is 35.8 Å². The summed E-state index contributed by atoms with van der Waals surface area (Å²) in [6.45, 7) is 6.36. The minimum Gasteiger partial charge on any atom is -0.493 e. The molecule has 0 aliphatic heterocycles. The standard InChI is InChI=1S/C24H34N4O2/c1-18(2)17-30-22-11-7-9-20(15-22)16-27-24(25-3)26-13-12-19-8-6-10-21(14-19)23(29)28(4)5/h6-11,14-15,18H,12-13,16-17H2,1-5H3,(H2,25,26,27). The Hall–Kier alpha value is -3.02.